The summed E-state index contributed by atoms with van der Waals surface area (Å²) in [5, 5.41) is 0. The molecule has 0 saturated heterocycles. The predicted molar refractivity (Wildman–Crippen MR) is 63.3 cm³/mol. The normalized spacial score (nSPS) is 16.1. The maximum absolute atomic E-state index is 2.38. The van der Waals surface area contributed by atoms with Gasteiger partial charge in [-0.05, 0) is 0 Å². The topological polar surface area (TPSA) is 3.24 Å². The summed E-state index contributed by atoms with van der Waals surface area (Å²) in [5.41, 5.74) is 0. The van der Waals surface area contributed by atoms with Gasteiger partial charge in [0.25, 0.3) is 0 Å². The predicted octanol–water partition coefficient (Wildman–Crippen LogP) is 1.31. The average Bonchev–Trinajstić information content (AvgIpc) is 1.57. The van der Waals surface area contributed by atoms with Crippen LogP contribution < -0.4 is 0 Å². The van der Waals surface area contributed by atoms with Crippen molar-refractivity contribution in [3.05, 3.63) is 0 Å². The van der Waals surface area contributed by atoms with Crippen LogP contribution in [0, 0.1) is 0 Å². The van der Waals surface area contributed by atoms with Crippen molar-refractivity contribution in [3.63, 3.8) is 0 Å². The van der Waals surface area contributed by atoms with E-state index in [0.717, 1.165) is 0 Å². The van der Waals surface area contributed by atoms with Gasteiger partial charge in [-0.25, -0.2) is 0 Å². The van der Waals surface area contributed by atoms with Gasteiger partial charge in [0.05, 0.1) is 0 Å². The zero-order valence-electron chi connectivity index (χ0n) is 8.34. The third-order valence-corrected chi connectivity index (χ3v) is 9.16. The van der Waals surface area contributed by atoms with Crippen molar-refractivity contribution < 1.29 is 0 Å². The van der Waals surface area contributed by atoms with Crippen molar-refractivity contribution in [1.82, 2.24) is 4.90 Å². The molecule has 11 heavy (non-hydrogen) atoms. The van der Waals surface area contributed by atoms with Crippen LogP contribution in [0.2, 0.25) is 0 Å². The molecule has 0 bridgehead atoms. The molecule has 0 atom stereocenters. The maximum atomic E-state index is 2.38. The molecule has 4 heteroatoms. The number of hydrogen-bond donors (Lipinski definition) is 0. The Hall–Kier alpha value is 1.40. The molecule has 0 unspecified atom stereocenters. The second kappa shape index (κ2) is 3.64. The first kappa shape index (κ1) is 12.4. The van der Waals surface area contributed by atoms with Crippen LogP contribution in [0.25, 0.3) is 0 Å². The molecule has 1 nitrogen and oxygen atoms in total. The molecule has 0 N–H and O–H groups in total. The van der Waals surface area contributed by atoms with E-state index in [0.29, 0.717) is 0 Å². The molecule has 0 amide bonds. The quantitative estimate of drug-likeness (QED) is 0.620. The summed E-state index contributed by atoms with van der Waals surface area (Å²) in [6.45, 7) is 0. The summed E-state index contributed by atoms with van der Waals surface area (Å²) < 4.78 is 1.57. The summed E-state index contributed by atoms with van der Waals surface area (Å²) in [4.78, 5) is 2.28. The van der Waals surface area contributed by atoms with E-state index < -0.39 is 8.75 Å². The van der Waals surface area contributed by atoms with Gasteiger partial charge in [0, 0.05) is 0 Å². The van der Waals surface area contributed by atoms with Gasteiger partial charge in [-0.15, -0.1) is 0 Å². The second-order valence-electron chi connectivity index (χ2n) is 4.54. The monoisotopic (exact) mass is 295 g/mol. The second-order valence-corrected chi connectivity index (χ2v) is 14.4. The van der Waals surface area contributed by atoms with Gasteiger partial charge in [-0.3, -0.25) is 0 Å². The van der Waals surface area contributed by atoms with Gasteiger partial charge < -0.3 is 0 Å². The van der Waals surface area contributed by atoms with E-state index in [2.05, 4.69) is 44.0 Å². The van der Waals surface area contributed by atoms with Gasteiger partial charge in [-0.1, -0.05) is 0 Å². The van der Waals surface area contributed by atoms with Crippen molar-refractivity contribution in [2.24, 2.45) is 0 Å². The zero-order valence-corrected chi connectivity index (χ0v) is 13.3. The van der Waals surface area contributed by atoms with Crippen LogP contribution in [0.5, 0.6) is 0 Å². The van der Waals surface area contributed by atoms with Crippen molar-refractivity contribution >= 4 is 44.6 Å². The van der Waals surface area contributed by atoms with Crippen LogP contribution >= 0.6 is 17.3 Å². The van der Waals surface area contributed by atoms with Gasteiger partial charge in [-0.2, -0.15) is 0 Å². The van der Waals surface area contributed by atoms with E-state index in [1.807, 2.05) is 8.59 Å². The SMILES string of the molecule is CN(C)C([S][In])=S(C)(C)(C)C. The Labute approximate surface area is 88.0 Å². The van der Waals surface area contributed by atoms with Crippen LogP contribution in [-0.4, -0.2) is 71.3 Å². The molecule has 0 aromatic carbocycles. The first-order chi connectivity index (χ1) is 4.65. The van der Waals surface area contributed by atoms with Crippen LogP contribution in [0.3, 0.4) is 0 Å². The Kier molecular flexibility index (Phi) is 4.11. The molecular formula is C7H18InNS2. The van der Waals surface area contributed by atoms with Gasteiger partial charge >= 0.3 is 88.6 Å². The molecule has 0 spiro atoms. The number of nitrogens with zero attached hydrogens (tertiary/aromatic N) is 1. The molecule has 0 aliphatic carbocycles. The van der Waals surface area contributed by atoms with Crippen LogP contribution in [0.1, 0.15) is 0 Å². The third kappa shape index (κ3) is 4.25. The van der Waals surface area contributed by atoms with Crippen molar-refractivity contribution in [2.75, 3.05) is 39.1 Å². The van der Waals surface area contributed by atoms with E-state index in [1.54, 1.807) is 4.32 Å². The van der Waals surface area contributed by atoms with Crippen LogP contribution in [0.15, 0.2) is 0 Å². The summed E-state index contributed by atoms with van der Waals surface area (Å²) in [6, 6.07) is 0. The third-order valence-electron chi connectivity index (χ3n) is 1.16. The molecule has 0 aliphatic heterocycles. The van der Waals surface area contributed by atoms with E-state index in [4.69, 9.17) is 0 Å². The fourth-order valence-electron chi connectivity index (χ4n) is 1.03. The van der Waals surface area contributed by atoms with E-state index in [-0.39, 0.29) is 0 Å². The molecule has 66 valence electrons. The fraction of sp³-hybridized carbons (Fsp3) is 0.857. The first-order valence-corrected chi connectivity index (χ1v) is 12.0. The zero-order chi connectivity index (χ0) is 9.31. The Morgan fingerprint density at radius 2 is 1.55 bits per heavy atom. The van der Waals surface area contributed by atoms with E-state index in [1.165, 1.54) is 22.9 Å². The Morgan fingerprint density at radius 1 is 1.18 bits per heavy atom. The van der Waals surface area contributed by atoms with Crippen molar-refractivity contribution in [3.8, 4) is 0 Å². The summed E-state index contributed by atoms with van der Waals surface area (Å²) >= 11 is 1.26. The molecule has 0 heterocycles. The van der Waals surface area contributed by atoms with Gasteiger partial charge in [0.15, 0.2) is 0 Å². The van der Waals surface area contributed by atoms with Gasteiger partial charge in [0.2, 0.25) is 0 Å². The molecule has 2 radical (unpaired) electrons. The Bertz CT molecular complexity index is 191. The summed E-state index contributed by atoms with van der Waals surface area (Å²) in [5.74, 6) is 0. The molecule has 0 aliphatic rings. The Morgan fingerprint density at radius 3 is 1.55 bits per heavy atom. The molecule has 0 aromatic rings. The molecule has 0 fully saturated rings. The summed E-state index contributed by atoms with van der Waals surface area (Å²) in [6.07, 6.45) is 9.54. The van der Waals surface area contributed by atoms with Crippen LogP contribution in [-0.2, 0) is 0 Å². The van der Waals surface area contributed by atoms with Crippen molar-refractivity contribution in [1.29, 1.82) is 0 Å². The standard InChI is InChI=1S/C7H19NS2.In/c1-8(2)7(9)10(3,4,5)6;/h9H,1-6H3;/q;+1/p-1. The first-order valence-electron chi connectivity index (χ1n) is 3.39. The minimum absolute atomic E-state index is 1.23. The van der Waals surface area contributed by atoms with E-state index >= 15 is 0 Å². The van der Waals surface area contributed by atoms with Gasteiger partial charge in [0.1, 0.15) is 0 Å². The summed E-state index contributed by atoms with van der Waals surface area (Å²) in [7, 11) is 5.06. The molecule has 0 aromatic heterocycles. The molecular weight excluding hydrogens is 277 g/mol. The number of rotatable bonds is 0. The minimum atomic E-state index is -1.23. The Balaban J connectivity index is 5.19. The molecule has 0 rings (SSSR count). The van der Waals surface area contributed by atoms with Crippen molar-refractivity contribution in [2.45, 2.75) is 0 Å². The van der Waals surface area contributed by atoms with E-state index in [9.17, 15) is 0 Å². The number of hydrogen-bond acceptors (Lipinski definition) is 1. The fourth-order valence-corrected chi connectivity index (χ4v) is 15.9. The van der Waals surface area contributed by atoms with Crippen LogP contribution in [0.4, 0.5) is 0 Å². The average molecular weight is 295 g/mol. The molecule has 0 saturated carbocycles.